The fourth-order valence-corrected chi connectivity index (χ4v) is 2.32. The van der Waals surface area contributed by atoms with Gasteiger partial charge in [0.2, 0.25) is 0 Å². The minimum atomic E-state index is -1.06. The molecule has 17 heavy (non-hydrogen) atoms. The van der Waals surface area contributed by atoms with Crippen molar-refractivity contribution in [2.45, 2.75) is 12.1 Å². The van der Waals surface area contributed by atoms with Crippen LogP contribution in [0.3, 0.4) is 0 Å². The number of hydroxylamine groups is 2. The van der Waals surface area contributed by atoms with Gasteiger partial charge in [0, 0.05) is 32.5 Å². The molecular formula is C12H17NO4. The first-order valence-corrected chi connectivity index (χ1v) is 5.31. The second kappa shape index (κ2) is 4.72. The van der Waals surface area contributed by atoms with E-state index >= 15 is 0 Å². The van der Waals surface area contributed by atoms with Gasteiger partial charge in [-0.1, -0.05) is 29.3 Å². The van der Waals surface area contributed by atoms with Crippen LogP contribution in [0.25, 0.3) is 0 Å². The largest absolute Gasteiger partial charge is 0.360 e. The summed E-state index contributed by atoms with van der Waals surface area (Å²) in [6, 6.07) is 7.78. The van der Waals surface area contributed by atoms with Gasteiger partial charge >= 0.3 is 0 Å². The highest BCUT2D eigenvalue weighted by Crippen LogP contribution is 2.47. The number of fused-ring (bicyclic) bond motifs is 1. The molecule has 1 aromatic rings. The number of nitrogens with zero attached hydrogens (tertiary/aromatic N) is 1. The van der Waals surface area contributed by atoms with Crippen molar-refractivity contribution in [2.75, 3.05) is 28.4 Å². The summed E-state index contributed by atoms with van der Waals surface area (Å²) in [5.74, 6) is -1.06. The second-order valence-corrected chi connectivity index (χ2v) is 3.67. The van der Waals surface area contributed by atoms with Crippen molar-refractivity contribution in [1.82, 2.24) is 5.06 Å². The average molecular weight is 239 g/mol. The maximum Gasteiger partial charge on any atom is 0.283 e. The summed E-state index contributed by atoms with van der Waals surface area (Å²) in [5.41, 5.74) is 1.86. The van der Waals surface area contributed by atoms with Gasteiger partial charge in [-0.3, -0.25) is 4.84 Å². The SMILES string of the molecule is COC1c2ccccc2C(OC)(OC)N1OC. The van der Waals surface area contributed by atoms with Crippen LogP contribution in [0.2, 0.25) is 0 Å². The van der Waals surface area contributed by atoms with Crippen LogP contribution in [-0.2, 0) is 25.0 Å². The van der Waals surface area contributed by atoms with Gasteiger partial charge in [-0.2, -0.15) is 0 Å². The molecular weight excluding hydrogens is 222 g/mol. The Labute approximate surface area is 101 Å². The summed E-state index contributed by atoms with van der Waals surface area (Å²) in [5, 5.41) is 1.55. The van der Waals surface area contributed by atoms with E-state index in [9.17, 15) is 0 Å². The molecule has 0 bridgehead atoms. The van der Waals surface area contributed by atoms with E-state index in [1.54, 1.807) is 33.5 Å². The highest BCUT2D eigenvalue weighted by molar-refractivity contribution is 5.36. The van der Waals surface area contributed by atoms with Crippen LogP contribution in [-0.4, -0.2) is 33.5 Å². The molecule has 5 nitrogen and oxygen atoms in total. The molecule has 0 saturated carbocycles. The molecule has 1 aromatic carbocycles. The van der Waals surface area contributed by atoms with Gasteiger partial charge in [0.25, 0.3) is 5.91 Å². The molecule has 1 unspecified atom stereocenters. The topological polar surface area (TPSA) is 40.2 Å². The molecule has 0 aromatic heterocycles. The van der Waals surface area contributed by atoms with E-state index in [1.807, 2.05) is 24.3 Å². The first-order chi connectivity index (χ1) is 8.25. The lowest BCUT2D eigenvalue weighted by Crippen LogP contribution is -2.45. The van der Waals surface area contributed by atoms with E-state index in [2.05, 4.69) is 0 Å². The highest BCUT2D eigenvalue weighted by Gasteiger charge is 2.53. The van der Waals surface area contributed by atoms with Crippen molar-refractivity contribution < 1.29 is 19.0 Å². The van der Waals surface area contributed by atoms with Gasteiger partial charge < -0.3 is 14.2 Å². The predicted octanol–water partition coefficient (Wildman–Crippen LogP) is 1.61. The van der Waals surface area contributed by atoms with Crippen molar-refractivity contribution in [3.05, 3.63) is 35.4 Å². The Balaban J connectivity index is 2.59. The van der Waals surface area contributed by atoms with E-state index in [-0.39, 0.29) is 6.23 Å². The summed E-state index contributed by atoms with van der Waals surface area (Å²) in [6.07, 6.45) is -0.351. The molecule has 1 aliphatic heterocycles. The van der Waals surface area contributed by atoms with Crippen LogP contribution in [0.1, 0.15) is 17.4 Å². The van der Waals surface area contributed by atoms with Crippen molar-refractivity contribution in [1.29, 1.82) is 0 Å². The Hall–Kier alpha value is -0.980. The van der Waals surface area contributed by atoms with Gasteiger partial charge in [-0.15, -0.1) is 0 Å². The van der Waals surface area contributed by atoms with Crippen LogP contribution in [0, 0.1) is 0 Å². The fraction of sp³-hybridized carbons (Fsp3) is 0.500. The average Bonchev–Trinajstić information content (AvgIpc) is 2.68. The first-order valence-electron chi connectivity index (χ1n) is 5.31. The van der Waals surface area contributed by atoms with Gasteiger partial charge in [-0.05, 0) is 0 Å². The number of benzene rings is 1. The summed E-state index contributed by atoms with van der Waals surface area (Å²) < 4.78 is 16.5. The molecule has 0 N–H and O–H groups in total. The Bertz CT molecular complexity index is 392. The maximum atomic E-state index is 5.51. The molecule has 1 atom stereocenters. The van der Waals surface area contributed by atoms with Crippen LogP contribution in [0.5, 0.6) is 0 Å². The summed E-state index contributed by atoms with van der Waals surface area (Å²) in [4.78, 5) is 5.35. The van der Waals surface area contributed by atoms with Crippen LogP contribution in [0.4, 0.5) is 0 Å². The Morgan fingerprint density at radius 3 is 2.24 bits per heavy atom. The van der Waals surface area contributed by atoms with Gasteiger partial charge in [0.05, 0.1) is 7.11 Å². The Morgan fingerprint density at radius 2 is 1.71 bits per heavy atom. The molecule has 0 spiro atoms. The van der Waals surface area contributed by atoms with E-state index in [1.165, 1.54) is 0 Å². The Kier molecular flexibility index (Phi) is 3.46. The van der Waals surface area contributed by atoms with E-state index in [0.29, 0.717) is 0 Å². The number of rotatable bonds is 4. The second-order valence-electron chi connectivity index (χ2n) is 3.67. The first kappa shape index (κ1) is 12.5. The quantitative estimate of drug-likeness (QED) is 0.746. The lowest BCUT2D eigenvalue weighted by Gasteiger charge is -2.35. The highest BCUT2D eigenvalue weighted by atomic mass is 16.8. The van der Waals surface area contributed by atoms with Crippen molar-refractivity contribution in [3.8, 4) is 0 Å². The minimum Gasteiger partial charge on any atom is -0.360 e. The number of hydrogen-bond acceptors (Lipinski definition) is 5. The van der Waals surface area contributed by atoms with E-state index in [0.717, 1.165) is 11.1 Å². The molecule has 5 heteroatoms. The monoisotopic (exact) mass is 239 g/mol. The molecule has 0 saturated heterocycles. The van der Waals surface area contributed by atoms with Crippen molar-refractivity contribution >= 4 is 0 Å². The van der Waals surface area contributed by atoms with E-state index in [4.69, 9.17) is 19.0 Å². The summed E-state index contributed by atoms with van der Waals surface area (Å²) in [6.45, 7) is 0. The fourth-order valence-electron chi connectivity index (χ4n) is 2.32. The lowest BCUT2D eigenvalue weighted by atomic mass is 10.1. The molecule has 0 radical (unpaired) electrons. The number of ether oxygens (including phenoxy) is 3. The zero-order valence-electron chi connectivity index (χ0n) is 10.5. The Morgan fingerprint density at radius 1 is 1.06 bits per heavy atom. The summed E-state index contributed by atoms with van der Waals surface area (Å²) >= 11 is 0. The standard InChI is InChI=1S/C12H17NO4/c1-14-11-9-7-5-6-8-10(9)12(15-2,16-3)13(11)17-4/h5-8,11H,1-4H3. The third-order valence-corrected chi connectivity index (χ3v) is 3.04. The molecule has 0 fully saturated rings. The molecule has 1 heterocycles. The zero-order valence-corrected chi connectivity index (χ0v) is 10.5. The van der Waals surface area contributed by atoms with Crippen LogP contribution < -0.4 is 0 Å². The molecule has 0 aliphatic carbocycles. The molecule has 94 valence electrons. The molecule has 0 amide bonds. The van der Waals surface area contributed by atoms with Crippen molar-refractivity contribution in [3.63, 3.8) is 0 Å². The predicted molar refractivity (Wildman–Crippen MR) is 60.7 cm³/mol. The van der Waals surface area contributed by atoms with Crippen molar-refractivity contribution in [2.24, 2.45) is 0 Å². The molecule has 1 aliphatic rings. The third-order valence-electron chi connectivity index (χ3n) is 3.04. The summed E-state index contributed by atoms with van der Waals surface area (Å²) in [7, 11) is 6.33. The molecule has 2 rings (SSSR count). The van der Waals surface area contributed by atoms with Crippen LogP contribution in [0.15, 0.2) is 24.3 Å². The third kappa shape index (κ3) is 1.59. The maximum absolute atomic E-state index is 5.51. The lowest BCUT2D eigenvalue weighted by molar-refractivity contribution is -0.423. The van der Waals surface area contributed by atoms with Gasteiger partial charge in [0.15, 0.2) is 6.23 Å². The normalized spacial score (nSPS) is 22.7. The van der Waals surface area contributed by atoms with Crippen LogP contribution >= 0.6 is 0 Å². The number of hydrogen-bond donors (Lipinski definition) is 0. The smallest absolute Gasteiger partial charge is 0.283 e. The number of methoxy groups -OCH3 is 3. The zero-order chi connectivity index (χ0) is 12.5. The minimum absolute atomic E-state index is 0.351. The van der Waals surface area contributed by atoms with E-state index < -0.39 is 5.91 Å². The van der Waals surface area contributed by atoms with Gasteiger partial charge in [0.1, 0.15) is 0 Å². The van der Waals surface area contributed by atoms with Gasteiger partial charge in [-0.25, -0.2) is 0 Å².